The highest BCUT2D eigenvalue weighted by atomic mass is 32.2. The Morgan fingerprint density at radius 3 is 2.38 bits per heavy atom. The summed E-state index contributed by atoms with van der Waals surface area (Å²) in [6.45, 7) is 1.90. The Kier molecular flexibility index (Phi) is 2.69. The number of nitrogens with zero attached hydrogens (tertiary/aromatic N) is 1. The van der Waals surface area contributed by atoms with E-state index in [4.69, 9.17) is 5.73 Å². The average Bonchev–Trinajstić information content (AvgIpc) is 2.66. The van der Waals surface area contributed by atoms with Crippen molar-refractivity contribution in [2.24, 2.45) is 0 Å². The summed E-state index contributed by atoms with van der Waals surface area (Å²) in [5.41, 5.74) is 8.00. The van der Waals surface area contributed by atoms with Gasteiger partial charge in [-0.15, -0.1) is 11.3 Å². The van der Waals surface area contributed by atoms with E-state index in [0.717, 1.165) is 16.9 Å². The first kappa shape index (κ1) is 11.1. The second kappa shape index (κ2) is 3.88. The average molecular weight is 254 g/mol. The van der Waals surface area contributed by atoms with Crippen molar-refractivity contribution in [2.75, 3.05) is 5.73 Å². The molecule has 0 saturated heterocycles. The van der Waals surface area contributed by atoms with E-state index in [-0.39, 0.29) is 14.9 Å². The van der Waals surface area contributed by atoms with Crippen LogP contribution in [0.25, 0.3) is 0 Å². The summed E-state index contributed by atoms with van der Waals surface area (Å²) in [6, 6.07) is 6.61. The molecule has 0 radical (unpaired) electrons. The molecule has 1 aromatic heterocycles. The van der Waals surface area contributed by atoms with Crippen LogP contribution in [0.2, 0.25) is 0 Å². The molecule has 0 fully saturated rings. The van der Waals surface area contributed by atoms with Crippen molar-refractivity contribution < 1.29 is 8.42 Å². The van der Waals surface area contributed by atoms with Gasteiger partial charge in [0, 0.05) is 0 Å². The van der Waals surface area contributed by atoms with E-state index < -0.39 is 9.84 Å². The van der Waals surface area contributed by atoms with Crippen molar-refractivity contribution in [2.45, 2.75) is 16.8 Å². The summed E-state index contributed by atoms with van der Waals surface area (Å²) >= 11 is 1.12. The molecule has 0 saturated carbocycles. The van der Waals surface area contributed by atoms with Crippen LogP contribution >= 0.6 is 11.3 Å². The van der Waals surface area contributed by atoms with Crippen molar-refractivity contribution in [1.82, 2.24) is 4.98 Å². The number of nitrogens with two attached hydrogens (primary N) is 1. The van der Waals surface area contributed by atoms with E-state index in [2.05, 4.69) is 4.98 Å². The molecule has 2 N–H and O–H groups in total. The zero-order valence-electron chi connectivity index (χ0n) is 8.54. The second-order valence-electron chi connectivity index (χ2n) is 3.34. The van der Waals surface area contributed by atoms with Gasteiger partial charge in [-0.05, 0) is 19.1 Å². The van der Waals surface area contributed by atoms with Crippen molar-refractivity contribution in [3.05, 3.63) is 35.3 Å². The fraction of sp³-hybridized carbons (Fsp3) is 0.100. The van der Waals surface area contributed by atoms with Crippen LogP contribution in [-0.2, 0) is 9.84 Å². The van der Waals surface area contributed by atoms with Crippen LogP contribution in [0.15, 0.2) is 39.7 Å². The van der Waals surface area contributed by atoms with Crippen LogP contribution < -0.4 is 5.73 Å². The van der Waals surface area contributed by atoms with Gasteiger partial charge in [-0.2, -0.15) is 0 Å². The number of benzene rings is 1. The predicted octanol–water partition coefficient (Wildman–Crippen LogP) is 1.87. The molecule has 6 heteroatoms. The summed E-state index contributed by atoms with van der Waals surface area (Å²) in [4.78, 5) is 4.01. The molecule has 0 unspecified atom stereocenters. The van der Waals surface area contributed by atoms with Crippen LogP contribution in [0, 0.1) is 6.92 Å². The van der Waals surface area contributed by atoms with Crippen molar-refractivity contribution in [3.8, 4) is 0 Å². The highest BCUT2D eigenvalue weighted by Crippen LogP contribution is 2.27. The van der Waals surface area contributed by atoms with Gasteiger partial charge in [0.05, 0.1) is 10.4 Å². The maximum Gasteiger partial charge on any atom is 0.226 e. The van der Waals surface area contributed by atoms with Gasteiger partial charge in [-0.3, -0.25) is 0 Å². The SMILES string of the molecule is Cc1ccc(S(=O)(=O)c2ncsc2N)cc1. The lowest BCUT2D eigenvalue weighted by atomic mass is 10.2. The zero-order valence-corrected chi connectivity index (χ0v) is 10.2. The largest absolute Gasteiger partial charge is 0.388 e. The molecule has 1 heterocycles. The number of aryl methyl sites for hydroxylation is 1. The van der Waals surface area contributed by atoms with Crippen LogP contribution in [0.3, 0.4) is 0 Å². The third-order valence-corrected chi connectivity index (χ3v) is 4.66. The summed E-state index contributed by atoms with van der Waals surface area (Å²) in [6.07, 6.45) is 0. The van der Waals surface area contributed by atoms with E-state index in [0.29, 0.717) is 0 Å². The number of anilines is 1. The second-order valence-corrected chi connectivity index (χ2v) is 6.09. The molecule has 0 atom stereocenters. The first-order valence-corrected chi connectivity index (χ1v) is 6.89. The fourth-order valence-corrected chi connectivity index (χ4v) is 3.42. The van der Waals surface area contributed by atoms with Gasteiger partial charge in [0.25, 0.3) is 0 Å². The Morgan fingerprint density at radius 1 is 1.25 bits per heavy atom. The molecule has 0 spiro atoms. The van der Waals surface area contributed by atoms with Crippen molar-refractivity contribution in [1.29, 1.82) is 0 Å². The van der Waals surface area contributed by atoms with Crippen LogP contribution in [0.5, 0.6) is 0 Å². The van der Waals surface area contributed by atoms with Gasteiger partial charge in [-0.25, -0.2) is 13.4 Å². The topological polar surface area (TPSA) is 73.0 Å². The minimum atomic E-state index is -3.57. The molecule has 0 aliphatic heterocycles. The number of sulfone groups is 1. The standard InChI is InChI=1S/C10H10N2O2S2/c1-7-2-4-8(5-3-7)16(13,14)10-9(11)15-6-12-10/h2-6H,11H2,1H3. The minimum Gasteiger partial charge on any atom is -0.388 e. The summed E-state index contributed by atoms with van der Waals surface area (Å²) < 4.78 is 24.2. The zero-order chi connectivity index (χ0) is 11.8. The van der Waals surface area contributed by atoms with E-state index >= 15 is 0 Å². The number of thiazole rings is 1. The van der Waals surface area contributed by atoms with Crippen molar-refractivity contribution in [3.63, 3.8) is 0 Å². The Labute approximate surface area is 97.7 Å². The normalized spacial score (nSPS) is 11.6. The maximum absolute atomic E-state index is 12.1. The minimum absolute atomic E-state index is 0.0543. The van der Waals surface area contributed by atoms with Gasteiger partial charge in [-0.1, -0.05) is 17.7 Å². The number of aromatic nitrogens is 1. The molecular formula is C10H10N2O2S2. The van der Waals surface area contributed by atoms with Crippen LogP contribution in [0.1, 0.15) is 5.56 Å². The Bertz CT molecular complexity index is 600. The Balaban J connectivity index is 2.56. The van der Waals surface area contributed by atoms with Gasteiger partial charge in [0.1, 0.15) is 5.00 Å². The summed E-state index contributed by atoms with van der Waals surface area (Å²) in [7, 11) is -3.57. The lowest BCUT2D eigenvalue weighted by molar-refractivity contribution is 0.593. The molecule has 84 valence electrons. The molecule has 0 aliphatic carbocycles. The predicted molar refractivity (Wildman–Crippen MR) is 63.2 cm³/mol. The summed E-state index contributed by atoms with van der Waals surface area (Å²) in [5.74, 6) is 0. The van der Waals surface area contributed by atoms with Gasteiger partial charge < -0.3 is 5.73 Å². The van der Waals surface area contributed by atoms with E-state index in [1.54, 1.807) is 24.3 Å². The molecule has 16 heavy (non-hydrogen) atoms. The van der Waals surface area contributed by atoms with E-state index in [1.807, 2.05) is 6.92 Å². The number of hydrogen-bond donors (Lipinski definition) is 1. The lowest BCUT2D eigenvalue weighted by Crippen LogP contribution is -2.04. The summed E-state index contributed by atoms with van der Waals surface area (Å²) in [5, 5.41) is 0.168. The fourth-order valence-electron chi connectivity index (χ4n) is 1.28. The first-order valence-electron chi connectivity index (χ1n) is 4.52. The molecule has 1 aromatic carbocycles. The maximum atomic E-state index is 12.1. The quantitative estimate of drug-likeness (QED) is 0.887. The molecule has 0 aliphatic rings. The molecule has 0 bridgehead atoms. The molecule has 2 aromatic rings. The molecule has 2 rings (SSSR count). The third kappa shape index (κ3) is 1.81. The number of hydrogen-bond acceptors (Lipinski definition) is 5. The van der Waals surface area contributed by atoms with E-state index in [1.165, 1.54) is 5.51 Å². The molecule has 4 nitrogen and oxygen atoms in total. The Hall–Kier alpha value is -1.40. The highest BCUT2D eigenvalue weighted by Gasteiger charge is 2.22. The van der Waals surface area contributed by atoms with E-state index in [9.17, 15) is 8.42 Å². The smallest absolute Gasteiger partial charge is 0.226 e. The first-order chi connectivity index (χ1) is 7.51. The molecular weight excluding hydrogens is 244 g/mol. The highest BCUT2D eigenvalue weighted by molar-refractivity contribution is 7.91. The third-order valence-electron chi connectivity index (χ3n) is 2.15. The monoisotopic (exact) mass is 254 g/mol. The number of nitrogen functional groups attached to an aromatic ring is 1. The number of rotatable bonds is 2. The van der Waals surface area contributed by atoms with Gasteiger partial charge >= 0.3 is 0 Å². The van der Waals surface area contributed by atoms with Gasteiger partial charge in [0.2, 0.25) is 9.84 Å². The lowest BCUT2D eigenvalue weighted by Gasteiger charge is -2.02. The Morgan fingerprint density at radius 2 is 1.88 bits per heavy atom. The van der Waals surface area contributed by atoms with Gasteiger partial charge in [0.15, 0.2) is 5.03 Å². The van der Waals surface area contributed by atoms with Crippen LogP contribution in [0.4, 0.5) is 5.00 Å². The van der Waals surface area contributed by atoms with Crippen LogP contribution in [-0.4, -0.2) is 13.4 Å². The molecule has 0 amide bonds. The van der Waals surface area contributed by atoms with Crippen molar-refractivity contribution >= 4 is 26.2 Å².